The molecule has 0 unspecified atom stereocenters. The molecule has 3 atom stereocenters. The molecule has 1 aliphatic heterocycles. The molecule has 1 rings (SSSR count). The Morgan fingerprint density at radius 1 is 1.08 bits per heavy atom. The number of rotatable bonds is 8. The normalized spacial score (nSPS) is 22.7. The highest BCUT2D eigenvalue weighted by Gasteiger charge is 2.42. The van der Waals surface area contributed by atoms with Crippen LogP contribution in [0.1, 0.15) is 20.8 Å². The third-order valence-corrected chi connectivity index (χ3v) is 6.65. The summed E-state index contributed by atoms with van der Waals surface area (Å²) in [6.07, 6.45) is -0.891. The second kappa shape index (κ2) is 10.0. The van der Waals surface area contributed by atoms with Crippen LogP contribution in [-0.4, -0.2) is 56.7 Å². The van der Waals surface area contributed by atoms with Gasteiger partial charge in [0, 0.05) is 28.8 Å². The van der Waals surface area contributed by atoms with Crippen LogP contribution >= 0.6 is 11.8 Å². The van der Waals surface area contributed by atoms with Crippen molar-refractivity contribution in [3.05, 3.63) is 11.2 Å². The third-order valence-electron chi connectivity index (χ3n) is 3.47. The lowest BCUT2D eigenvalue weighted by Gasteiger charge is -2.36. The predicted octanol–water partition coefficient (Wildman–Crippen LogP) is 2.72. The van der Waals surface area contributed by atoms with Crippen molar-refractivity contribution >= 4 is 37.7 Å². The molecule has 0 aromatic heterocycles. The van der Waals surface area contributed by atoms with Gasteiger partial charge in [0.1, 0.15) is 6.61 Å². The molecule has 1 aliphatic rings. The lowest BCUT2D eigenvalue weighted by molar-refractivity contribution is -0.179. The summed E-state index contributed by atoms with van der Waals surface area (Å²) in [5, 5.41) is 0. The zero-order valence-corrected chi connectivity index (χ0v) is 18.0. The molecule has 0 bridgehead atoms. The lowest BCUT2D eigenvalue weighted by Crippen LogP contribution is -2.49. The van der Waals surface area contributed by atoms with Crippen molar-refractivity contribution in [2.45, 2.75) is 64.8 Å². The lowest BCUT2D eigenvalue weighted by atomic mass is 10.1. The van der Waals surface area contributed by atoms with E-state index in [1.165, 1.54) is 38.8 Å². The van der Waals surface area contributed by atoms with E-state index in [2.05, 4.69) is 19.6 Å². The van der Waals surface area contributed by atoms with Gasteiger partial charge in [-0.2, -0.15) is 0 Å². The summed E-state index contributed by atoms with van der Waals surface area (Å²) in [7, 11) is -1.22. The Kier molecular flexibility index (Phi) is 8.68. The molecule has 0 saturated heterocycles. The quantitative estimate of drug-likeness (QED) is 0.347. The Labute approximate surface area is 159 Å². The maximum atomic E-state index is 11.6. The van der Waals surface area contributed by atoms with Gasteiger partial charge in [0.05, 0.1) is 11.2 Å². The van der Waals surface area contributed by atoms with Crippen molar-refractivity contribution in [2.24, 2.45) is 0 Å². The molecule has 26 heavy (non-hydrogen) atoms. The molecule has 0 spiro atoms. The number of esters is 3. The van der Waals surface area contributed by atoms with E-state index in [-0.39, 0.29) is 6.61 Å². The molecular weight excluding hydrogens is 376 g/mol. The zero-order valence-electron chi connectivity index (χ0n) is 16.2. The van der Waals surface area contributed by atoms with Crippen molar-refractivity contribution in [3.8, 4) is 0 Å². The molecule has 0 amide bonds. The minimum absolute atomic E-state index is 0.103. The van der Waals surface area contributed by atoms with Crippen molar-refractivity contribution in [2.75, 3.05) is 12.4 Å². The smallest absolute Gasteiger partial charge is 0.303 e. The van der Waals surface area contributed by atoms with Crippen LogP contribution in [0.2, 0.25) is 25.7 Å². The van der Waals surface area contributed by atoms with Crippen LogP contribution in [0, 0.1) is 0 Å². The highest BCUT2D eigenvalue weighted by molar-refractivity contribution is 8.03. The highest BCUT2D eigenvalue weighted by atomic mass is 32.2. The zero-order chi connectivity index (χ0) is 19.9. The fourth-order valence-electron chi connectivity index (χ4n) is 2.21. The van der Waals surface area contributed by atoms with Gasteiger partial charge in [0.15, 0.2) is 18.3 Å². The topological polar surface area (TPSA) is 88.1 Å². The van der Waals surface area contributed by atoms with Crippen molar-refractivity contribution in [1.29, 1.82) is 0 Å². The monoisotopic (exact) mass is 404 g/mol. The van der Waals surface area contributed by atoms with Gasteiger partial charge in [0.2, 0.25) is 0 Å². The average Bonchev–Trinajstić information content (AvgIpc) is 2.46. The van der Waals surface area contributed by atoms with Gasteiger partial charge in [0.25, 0.3) is 0 Å². The summed E-state index contributed by atoms with van der Waals surface area (Å²) >= 11 is 1.53. The molecule has 7 nitrogen and oxygen atoms in total. The van der Waals surface area contributed by atoms with Crippen LogP contribution in [0.15, 0.2) is 11.2 Å². The molecule has 0 fully saturated rings. The molecule has 9 heteroatoms. The molecule has 0 N–H and O–H groups in total. The van der Waals surface area contributed by atoms with E-state index in [0.717, 1.165) is 11.8 Å². The third kappa shape index (κ3) is 8.26. The molecule has 0 aromatic carbocycles. The Balaban J connectivity index is 2.97. The first kappa shape index (κ1) is 22.6. The number of hydrogen-bond acceptors (Lipinski definition) is 8. The van der Waals surface area contributed by atoms with Gasteiger partial charge >= 0.3 is 17.9 Å². The van der Waals surface area contributed by atoms with Gasteiger partial charge in [-0.25, -0.2) is 0 Å². The second-order valence-corrected chi connectivity index (χ2v) is 14.1. The van der Waals surface area contributed by atoms with Gasteiger partial charge in [-0.1, -0.05) is 19.6 Å². The summed E-state index contributed by atoms with van der Waals surface area (Å²) < 4.78 is 21.4. The van der Waals surface area contributed by atoms with Crippen molar-refractivity contribution in [1.82, 2.24) is 0 Å². The molecule has 1 heterocycles. The molecule has 0 saturated carbocycles. The number of carbonyl (C=O) groups excluding carboxylic acids is 3. The Morgan fingerprint density at radius 3 is 2.19 bits per heavy atom. The van der Waals surface area contributed by atoms with Gasteiger partial charge in [-0.3, -0.25) is 14.4 Å². The van der Waals surface area contributed by atoms with Gasteiger partial charge < -0.3 is 18.9 Å². The first-order valence-corrected chi connectivity index (χ1v) is 13.1. The fraction of sp³-hybridized carbons (Fsp3) is 0.706. The molecule has 148 valence electrons. The van der Waals surface area contributed by atoms with E-state index in [0.29, 0.717) is 4.91 Å². The van der Waals surface area contributed by atoms with Crippen LogP contribution in [0.3, 0.4) is 0 Å². The first-order chi connectivity index (χ1) is 12.0. The van der Waals surface area contributed by atoms with Crippen LogP contribution in [-0.2, 0) is 33.3 Å². The number of thioether (sulfide) groups is 1. The summed E-state index contributed by atoms with van der Waals surface area (Å²) in [6, 6.07) is 1.08. The van der Waals surface area contributed by atoms with Crippen LogP contribution in [0.25, 0.3) is 0 Å². The SMILES string of the molecule is CC(=O)OC[C@H]1OC=C(SCC[Si](C)(C)C)[C@@H](OC(C)=O)[C@@H]1OC(C)=O. The van der Waals surface area contributed by atoms with Crippen LogP contribution in [0.4, 0.5) is 0 Å². The van der Waals surface area contributed by atoms with E-state index >= 15 is 0 Å². The summed E-state index contributed by atoms with van der Waals surface area (Å²) in [5.74, 6) is -0.642. The summed E-state index contributed by atoms with van der Waals surface area (Å²) in [5.41, 5.74) is 0. The largest absolute Gasteiger partial charge is 0.489 e. The minimum atomic E-state index is -1.22. The van der Waals surface area contributed by atoms with Crippen LogP contribution < -0.4 is 0 Å². The first-order valence-electron chi connectivity index (χ1n) is 8.45. The number of hydrogen-bond donors (Lipinski definition) is 0. The van der Waals surface area contributed by atoms with Crippen molar-refractivity contribution < 1.29 is 33.3 Å². The van der Waals surface area contributed by atoms with E-state index in [4.69, 9.17) is 18.9 Å². The molecule has 0 aromatic rings. The number of ether oxygens (including phenoxy) is 4. The summed E-state index contributed by atoms with van der Waals surface area (Å²) in [4.78, 5) is 34.9. The molecule has 0 radical (unpaired) electrons. The second-order valence-electron chi connectivity index (χ2n) is 7.26. The minimum Gasteiger partial charge on any atom is -0.489 e. The number of carbonyl (C=O) groups is 3. The standard InChI is InChI=1S/C17H28O7SSi/c1-11(18)21-9-14-16(23-12(2)19)17(24-13(3)20)15(10-22-14)25-7-8-26(4,5)6/h10,14,16-17H,7-9H2,1-6H3/t14-,16-,17-/m1/s1. The fourth-order valence-corrected chi connectivity index (χ4v) is 5.78. The van der Waals surface area contributed by atoms with E-state index in [9.17, 15) is 14.4 Å². The van der Waals surface area contributed by atoms with E-state index < -0.39 is 44.3 Å². The Morgan fingerprint density at radius 2 is 1.69 bits per heavy atom. The van der Waals surface area contributed by atoms with E-state index in [1.807, 2.05) is 0 Å². The highest BCUT2D eigenvalue weighted by Crippen LogP contribution is 2.33. The molecular formula is C17H28O7SSi. The summed E-state index contributed by atoms with van der Waals surface area (Å²) in [6.45, 7) is 10.6. The maximum Gasteiger partial charge on any atom is 0.303 e. The average molecular weight is 405 g/mol. The van der Waals surface area contributed by atoms with E-state index in [1.54, 1.807) is 0 Å². The predicted molar refractivity (Wildman–Crippen MR) is 101 cm³/mol. The van der Waals surface area contributed by atoms with Crippen LogP contribution in [0.5, 0.6) is 0 Å². The van der Waals surface area contributed by atoms with Gasteiger partial charge in [-0.05, 0) is 11.8 Å². The van der Waals surface area contributed by atoms with Gasteiger partial charge in [-0.15, -0.1) is 11.8 Å². The maximum absolute atomic E-state index is 11.6. The Hall–Kier alpha value is -1.48. The molecule has 0 aliphatic carbocycles. The Bertz CT molecular complexity index is 556. The van der Waals surface area contributed by atoms with Crippen molar-refractivity contribution in [3.63, 3.8) is 0 Å².